The van der Waals surface area contributed by atoms with Crippen LogP contribution in [0.15, 0.2) is 65.3 Å². The standard InChI is InChI=1S/C25H24N2O6/c1-25(2)24(30)27(15-22(28)26-14-16-6-9-18(31-3)10-7-16)19-13-17(8-11-20(19)33-25)23(29)21-5-4-12-32-21/h4-13H,14-15H2,1-3H3,(H,26,28). The van der Waals surface area contributed by atoms with E-state index in [4.69, 9.17) is 13.9 Å². The molecule has 33 heavy (non-hydrogen) atoms. The third-order valence-electron chi connectivity index (χ3n) is 5.33. The van der Waals surface area contributed by atoms with Crippen LogP contribution in [-0.4, -0.2) is 36.9 Å². The summed E-state index contributed by atoms with van der Waals surface area (Å²) >= 11 is 0. The SMILES string of the molecule is COc1ccc(CNC(=O)CN2C(=O)C(C)(C)Oc3ccc(C(=O)c4ccco4)cc32)cc1. The predicted octanol–water partition coefficient (Wildman–Crippen LogP) is 3.34. The quantitative estimate of drug-likeness (QED) is 0.557. The molecule has 0 unspecified atom stereocenters. The van der Waals surface area contributed by atoms with Crippen molar-refractivity contribution in [3.05, 3.63) is 77.7 Å². The van der Waals surface area contributed by atoms with Crippen LogP contribution < -0.4 is 19.7 Å². The number of nitrogens with zero attached hydrogens (tertiary/aromatic N) is 1. The summed E-state index contributed by atoms with van der Waals surface area (Å²) < 4.78 is 16.2. The van der Waals surface area contributed by atoms with Crippen LogP contribution in [0.3, 0.4) is 0 Å². The van der Waals surface area contributed by atoms with Crippen molar-refractivity contribution in [2.45, 2.75) is 26.0 Å². The van der Waals surface area contributed by atoms with Gasteiger partial charge in [0.25, 0.3) is 5.91 Å². The lowest BCUT2D eigenvalue weighted by Crippen LogP contribution is -2.55. The Bertz CT molecular complexity index is 1180. The minimum absolute atomic E-state index is 0.183. The molecule has 0 aliphatic carbocycles. The second-order valence-electron chi connectivity index (χ2n) is 8.12. The fourth-order valence-electron chi connectivity index (χ4n) is 3.56. The van der Waals surface area contributed by atoms with Gasteiger partial charge >= 0.3 is 0 Å². The van der Waals surface area contributed by atoms with Crippen molar-refractivity contribution in [3.8, 4) is 11.5 Å². The molecule has 170 valence electrons. The molecule has 8 nitrogen and oxygen atoms in total. The second kappa shape index (κ2) is 8.82. The molecule has 0 saturated carbocycles. The number of anilines is 1. The number of hydrogen-bond acceptors (Lipinski definition) is 6. The van der Waals surface area contributed by atoms with Gasteiger partial charge in [0.15, 0.2) is 11.4 Å². The highest BCUT2D eigenvalue weighted by Crippen LogP contribution is 2.38. The highest BCUT2D eigenvalue weighted by atomic mass is 16.5. The third-order valence-corrected chi connectivity index (χ3v) is 5.33. The molecule has 1 aromatic heterocycles. The fourth-order valence-corrected chi connectivity index (χ4v) is 3.56. The van der Waals surface area contributed by atoms with E-state index in [1.807, 2.05) is 24.3 Å². The molecule has 0 spiro atoms. The summed E-state index contributed by atoms with van der Waals surface area (Å²) in [5, 5.41) is 2.83. The van der Waals surface area contributed by atoms with E-state index in [0.717, 1.165) is 11.3 Å². The summed E-state index contributed by atoms with van der Waals surface area (Å²) in [4.78, 5) is 39.9. The van der Waals surface area contributed by atoms with E-state index in [9.17, 15) is 14.4 Å². The maximum absolute atomic E-state index is 13.1. The summed E-state index contributed by atoms with van der Waals surface area (Å²) in [6.07, 6.45) is 1.42. The van der Waals surface area contributed by atoms with E-state index in [1.165, 1.54) is 11.2 Å². The Morgan fingerprint density at radius 2 is 1.85 bits per heavy atom. The van der Waals surface area contributed by atoms with E-state index in [-0.39, 0.29) is 29.9 Å². The summed E-state index contributed by atoms with van der Waals surface area (Å²) in [5.74, 6) is 0.273. The van der Waals surface area contributed by atoms with Crippen molar-refractivity contribution in [3.63, 3.8) is 0 Å². The number of ketones is 1. The van der Waals surface area contributed by atoms with Crippen molar-refractivity contribution in [1.29, 1.82) is 0 Å². The molecule has 1 aliphatic rings. The van der Waals surface area contributed by atoms with Crippen molar-refractivity contribution < 1.29 is 28.3 Å². The molecule has 0 bridgehead atoms. The number of nitrogens with one attached hydrogen (secondary N) is 1. The third kappa shape index (κ3) is 4.59. The Labute approximate surface area is 191 Å². The van der Waals surface area contributed by atoms with Crippen molar-refractivity contribution >= 4 is 23.3 Å². The van der Waals surface area contributed by atoms with Gasteiger partial charge in [0.05, 0.1) is 19.1 Å². The van der Waals surface area contributed by atoms with Crippen molar-refractivity contribution in [1.82, 2.24) is 5.32 Å². The smallest absolute Gasteiger partial charge is 0.271 e. The van der Waals surface area contributed by atoms with Gasteiger partial charge in [-0.15, -0.1) is 0 Å². The first-order valence-electron chi connectivity index (χ1n) is 10.4. The first kappa shape index (κ1) is 22.1. The number of amides is 2. The normalized spacial score (nSPS) is 14.3. The number of benzene rings is 2. The Morgan fingerprint density at radius 1 is 1.09 bits per heavy atom. The van der Waals surface area contributed by atoms with E-state index >= 15 is 0 Å². The lowest BCUT2D eigenvalue weighted by molar-refractivity contribution is -0.134. The molecule has 2 heterocycles. The fraction of sp³-hybridized carbons (Fsp3) is 0.240. The Balaban J connectivity index is 1.55. The van der Waals surface area contributed by atoms with Gasteiger partial charge in [0.1, 0.15) is 18.0 Å². The number of methoxy groups -OCH3 is 1. The molecule has 8 heteroatoms. The van der Waals surface area contributed by atoms with Crippen LogP contribution in [-0.2, 0) is 16.1 Å². The van der Waals surface area contributed by atoms with Crippen LogP contribution in [0.1, 0.15) is 35.5 Å². The number of rotatable bonds is 7. The zero-order chi connectivity index (χ0) is 23.6. The molecule has 0 atom stereocenters. The zero-order valence-corrected chi connectivity index (χ0v) is 18.6. The second-order valence-corrected chi connectivity index (χ2v) is 8.12. The van der Waals surface area contributed by atoms with Gasteiger partial charge in [0, 0.05) is 12.1 Å². The van der Waals surface area contributed by atoms with E-state index in [1.54, 1.807) is 51.3 Å². The lowest BCUT2D eigenvalue weighted by atomic mass is 10.0. The molecule has 1 aliphatic heterocycles. The Morgan fingerprint density at radius 3 is 2.52 bits per heavy atom. The van der Waals surface area contributed by atoms with Gasteiger partial charge < -0.3 is 19.2 Å². The largest absolute Gasteiger partial charge is 0.497 e. The number of hydrogen-bond donors (Lipinski definition) is 1. The van der Waals surface area contributed by atoms with Gasteiger partial charge in [-0.2, -0.15) is 0 Å². The summed E-state index contributed by atoms with van der Waals surface area (Å²) in [6, 6.07) is 15.3. The van der Waals surface area contributed by atoms with Crippen molar-refractivity contribution in [2.24, 2.45) is 0 Å². The minimum Gasteiger partial charge on any atom is -0.497 e. The number of fused-ring (bicyclic) bond motifs is 1. The summed E-state index contributed by atoms with van der Waals surface area (Å²) in [7, 11) is 1.59. The van der Waals surface area contributed by atoms with Gasteiger partial charge in [-0.05, 0) is 61.9 Å². The molecule has 2 amide bonds. The van der Waals surface area contributed by atoms with Crippen LogP contribution in [0, 0.1) is 0 Å². The molecule has 0 radical (unpaired) electrons. The molecule has 2 aromatic carbocycles. The number of ether oxygens (including phenoxy) is 2. The first-order chi connectivity index (χ1) is 15.8. The van der Waals surface area contributed by atoms with Gasteiger partial charge in [-0.3, -0.25) is 19.3 Å². The van der Waals surface area contributed by atoms with Crippen LogP contribution in [0.2, 0.25) is 0 Å². The average molecular weight is 448 g/mol. The summed E-state index contributed by atoms with van der Waals surface area (Å²) in [6.45, 7) is 3.37. The molecule has 3 aromatic rings. The van der Waals surface area contributed by atoms with Crippen LogP contribution in [0.5, 0.6) is 11.5 Å². The van der Waals surface area contributed by atoms with E-state index in [2.05, 4.69) is 5.32 Å². The molecule has 0 fully saturated rings. The van der Waals surface area contributed by atoms with Crippen LogP contribution >= 0.6 is 0 Å². The Kier molecular flexibility index (Phi) is 5.91. The molecule has 0 saturated heterocycles. The van der Waals surface area contributed by atoms with E-state index in [0.29, 0.717) is 23.5 Å². The summed E-state index contributed by atoms with van der Waals surface area (Å²) in [5.41, 5.74) is 0.416. The number of furan rings is 1. The zero-order valence-electron chi connectivity index (χ0n) is 18.6. The minimum atomic E-state index is -1.16. The number of carbonyl (C=O) groups is 3. The van der Waals surface area contributed by atoms with Gasteiger partial charge in [0.2, 0.25) is 11.7 Å². The monoisotopic (exact) mass is 448 g/mol. The van der Waals surface area contributed by atoms with Crippen LogP contribution in [0.4, 0.5) is 5.69 Å². The van der Waals surface area contributed by atoms with Gasteiger partial charge in [-0.25, -0.2) is 0 Å². The molecule has 4 rings (SSSR count). The average Bonchev–Trinajstić information content (AvgIpc) is 3.35. The molecular formula is C25H24N2O6. The maximum Gasteiger partial charge on any atom is 0.271 e. The topological polar surface area (TPSA) is 98.1 Å². The van der Waals surface area contributed by atoms with Gasteiger partial charge in [-0.1, -0.05) is 12.1 Å². The molecule has 1 N–H and O–H groups in total. The predicted molar refractivity (Wildman–Crippen MR) is 120 cm³/mol. The van der Waals surface area contributed by atoms with E-state index < -0.39 is 5.60 Å². The molecular weight excluding hydrogens is 424 g/mol. The maximum atomic E-state index is 13.1. The Hall–Kier alpha value is -4.07. The highest BCUT2D eigenvalue weighted by Gasteiger charge is 2.42. The van der Waals surface area contributed by atoms with Crippen molar-refractivity contribution in [2.75, 3.05) is 18.6 Å². The number of carbonyl (C=O) groups excluding carboxylic acids is 3. The van der Waals surface area contributed by atoms with Crippen LogP contribution in [0.25, 0.3) is 0 Å². The first-order valence-corrected chi connectivity index (χ1v) is 10.4. The highest BCUT2D eigenvalue weighted by molar-refractivity contribution is 6.10. The lowest BCUT2D eigenvalue weighted by Gasteiger charge is -2.38.